The molecule has 1 saturated heterocycles. The van der Waals surface area contributed by atoms with E-state index in [1.165, 1.54) is 0 Å². The van der Waals surface area contributed by atoms with E-state index in [1.807, 2.05) is 43.0 Å². The number of aromatic nitrogens is 2. The van der Waals surface area contributed by atoms with Crippen molar-refractivity contribution in [2.75, 3.05) is 26.3 Å². The van der Waals surface area contributed by atoms with Gasteiger partial charge in [0, 0.05) is 19.5 Å². The SMILES string of the molecule is CC(C)(Cc1nc2ccccc2[nH]1)C(=O)N1CCOCC1. The Bertz CT molecular complexity index is 609. The Morgan fingerprint density at radius 2 is 2.05 bits per heavy atom. The van der Waals surface area contributed by atoms with Crippen LogP contribution in [0.4, 0.5) is 0 Å². The van der Waals surface area contributed by atoms with Crippen LogP contribution in [-0.4, -0.2) is 47.1 Å². The fourth-order valence-electron chi connectivity index (χ4n) is 2.78. The lowest BCUT2D eigenvalue weighted by atomic mass is 9.87. The number of amides is 1. The summed E-state index contributed by atoms with van der Waals surface area (Å²) in [5.74, 6) is 1.04. The van der Waals surface area contributed by atoms with Gasteiger partial charge in [-0.1, -0.05) is 26.0 Å². The molecule has 0 bridgehead atoms. The Morgan fingerprint density at radius 3 is 2.76 bits per heavy atom. The average Bonchev–Trinajstić information content (AvgIpc) is 2.88. The molecule has 1 N–H and O–H groups in total. The van der Waals surface area contributed by atoms with Gasteiger partial charge in [-0.25, -0.2) is 4.98 Å². The Morgan fingerprint density at radius 1 is 1.33 bits per heavy atom. The molecule has 2 aromatic rings. The second kappa shape index (κ2) is 5.48. The quantitative estimate of drug-likeness (QED) is 0.939. The summed E-state index contributed by atoms with van der Waals surface area (Å²) in [5, 5.41) is 0. The Labute approximate surface area is 124 Å². The molecule has 0 atom stereocenters. The highest BCUT2D eigenvalue weighted by atomic mass is 16.5. The molecule has 1 amide bonds. The molecular weight excluding hydrogens is 266 g/mol. The summed E-state index contributed by atoms with van der Waals surface area (Å²) in [6.45, 7) is 6.60. The number of nitrogens with zero attached hydrogens (tertiary/aromatic N) is 2. The van der Waals surface area contributed by atoms with Crippen molar-refractivity contribution in [2.24, 2.45) is 5.41 Å². The molecule has 5 nitrogen and oxygen atoms in total. The molecule has 1 aromatic carbocycles. The maximum Gasteiger partial charge on any atom is 0.228 e. The fourth-order valence-corrected chi connectivity index (χ4v) is 2.78. The number of hydrogen-bond acceptors (Lipinski definition) is 3. The van der Waals surface area contributed by atoms with Gasteiger partial charge in [0.25, 0.3) is 0 Å². The molecule has 2 heterocycles. The molecule has 5 heteroatoms. The van der Waals surface area contributed by atoms with E-state index in [2.05, 4.69) is 9.97 Å². The maximum atomic E-state index is 12.7. The van der Waals surface area contributed by atoms with E-state index in [0.717, 1.165) is 16.9 Å². The van der Waals surface area contributed by atoms with E-state index in [0.29, 0.717) is 32.7 Å². The van der Waals surface area contributed by atoms with E-state index in [1.54, 1.807) is 0 Å². The van der Waals surface area contributed by atoms with Gasteiger partial charge < -0.3 is 14.6 Å². The number of H-pyrrole nitrogens is 1. The second-order valence-electron chi connectivity index (χ2n) is 6.17. The van der Waals surface area contributed by atoms with Gasteiger partial charge in [0.2, 0.25) is 5.91 Å². The van der Waals surface area contributed by atoms with Crippen molar-refractivity contribution >= 4 is 16.9 Å². The largest absolute Gasteiger partial charge is 0.378 e. The smallest absolute Gasteiger partial charge is 0.228 e. The summed E-state index contributed by atoms with van der Waals surface area (Å²) in [7, 11) is 0. The predicted molar refractivity (Wildman–Crippen MR) is 81.0 cm³/mol. The minimum atomic E-state index is -0.467. The zero-order valence-electron chi connectivity index (χ0n) is 12.6. The third kappa shape index (κ3) is 2.93. The van der Waals surface area contributed by atoms with E-state index >= 15 is 0 Å². The number of para-hydroxylation sites is 2. The molecule has 21 heavy (non-hydrogen) atoms. The van der Waals surface area contributed by atoms with Gasteiger partial charge in [-0.3, -0.25) is 4.79 Å². The van der Waals surface area contributed by atoms with Crippen LogP contribution < -0.4 is 0 Å². The molecule has 112 valence electrons. The lowest BCUT2D eigenvalue weighted by Gasteiger charge is -2.33. The van der Waals surface area contributed by atoms with E-state index in [9.17, 15) is 4.79 Å². The molecule has 1 fully saturated rings. The van der Waals surface area contributed by atoms with Crippen LogP contribution in [0.15, 0.2) is 24.3 Å². The van der Waals surface area contributed by atoms with Crippen molar-refractivity contribution in [3.8, 4) is 0 Å². The molecule has 0 aliphatic carbocycles. The standard InChI is InChI=1S/C16H21N3O2/c1-16(2,15(20)19-7-9-21-10-8-19)11-14-17-12-5-3-4-6-13(12)18-14/h3-6H,7-11H2,1-2H3,(H,17,18). The number of carbonyl (C=O) groups is 1. The van der Waals surface area contributed by atoms with Crippen LogP contribution in [0, 0.1) is 5.41 Å². The minimum absolute atomic E-state index is 0.172. The van der Waals surface area contributed by atoms with Crippen molar-refractivity contribution in [3.63, 3.8) is 0 Å². The first-order chi connectivity index (χ1) is 10.1. The van der Waals surface area contributed by atoms with E-state index in [4.69, 9.17) is 4.74 Å². The molecule has 1 aliphatic heterocycles. The monoisotopic (exact) mass is 287 g/mol. The number of benzene rings is 1. The van der Waals surface area contributed by atoms with Crippen LogP contribution in [-0.2, 0) is 16.0 Å². The molecule has 0 unspecified atom stereocenters. The molecule has 1 aliphatic rings. The topological polar surface area (TPSA) is 58.2 Å². The summed E-state index contributed by atoms with van der Waals surface area (Å²) >= 11 is 0. The molecular formula is C16H21N3O2. The minimum Gasteiger partial charge on any atom is -0.378 e. The van der Waals surface area contributed by atoms with Gasteiger partial charge in [-0.15, -0.1) is 0 Å². The number of rotatable bonds is 3. The summed E-state index contributed by atoms with van der Waals surface area (Å²) in [5.41, 5.74) is 1.50. The van der Waals surface area contributed by atoms with Crippen LogP contribution in [0.2, 0.25) is 0 Å². The van der Waals surface area contributed by atoms with Crippen molar-refractivity contribution in [3.05, 3.63) is 30.1 Å². The van der Waals surface area contributed by atoms with Gasteiger partial charge >= 0.3 is 0 Å². The van der Waals surface area contributed by atoms with Gasteiger partial charge in [-0.2, -0.15) is 0 Å². The van der Waals surface area contributed by atoms with Gasteiger partial charge in [-0.05, 0) is 12.1 Å². The van der Waals surface area contributed by atoms with Crippen molar-refractivity contribution < 1.29 is 9.53 Å². The molecule has 3 rings (SSSR count). The number of nitrogens with one attached hydrogen (secondary N) is 1. The zero-order valence-corrected chi connectivity index (χ0v) is 12.6. The van der Waals surface area contributed by atoms with Crippen molar-refractivity contribution in [1.82, 2.24) is 14.9 Å². The molecule has 0 spiro atoms. The first-order valence-electron chi connectivity index (χ1n) is 7.37. The summed E-state index contributed by atoms with van der Waals surface area (Å²) in [6.07, 6.45) is 0.609. The lowest BCUT2D eigenvalue weighted by molar-refractivity contribution is -0.144. The summed E-state index contributed by atoms with van der Waals surface area (Å²) < 4.78 is 5.31. The zero-order chi connectivity index (χ0) is 14.9. The first kappa shape index (κ1) is 14.1. The lowest BCUT2D eigenvalue weighted by Crippen LogP contribution is -2.47. The number of hydrogen-bond donors (Lipinski definition) is 1. The molecule has 0 radical (unpaired) electrons. The normalized spacial score (nSPS) is 16.4. The maximum absolute atomic E-state index is 12.7. The molecule has 1 aromatic heterocycles. The number of fused-ring (bicyclic) bond motifs is 1. The van der Waals surface area contributed by atoms with E-state index < -0.39 is 5.41 Å². The number of aromatic amines is 1. The van der Waals surface area contributed by atoms with E-state index in [-0.39, 0.29) is 5.91 Å². The second-order valence-corrected chi connectivity index (χ2v) is 6.17. The number of imidazole rings is 1. The number of ether oxygens (including phenoxy) is 1. The Kier molecular flexibility index (Phi) is 3.68. The highest BCUT2D eigenvalue weighted by Crippen LogP contribution is 2.25. The van der Waals surface area contributed by atoms with Crippen LogP contribution in [0.3, 0.4) is 0 Å². The van der Waals surface area contributed by atoms with Crippen LogP contribution in [0.5, 0.6) is 0 Å². The molecule has 0 saturated carbocycles. The van der Waals surface area contributed by atoms with Crippen molar-refractivity contribution in [2.45, 2.75) is 20.3 Å². The number of morpholine rings is 1. The first-order valence-corrected chi connectivity index (χ1v) is 7.37. The summed E-state index contributed by atoms with van der Waals surface area (Å²) in [6, 6.07) is 7.93. The third-order valence-electron chi connectivity index (χ3n) is 3.93. The number of carbonyl (C=O) groups excluding carboxylic acids is 1. The van der Waals surface area contributed by atoms with Crippen LogP contribution in [0.25, 0.3) is 11.0 Å². The highest BCUT2D eigenvalue weighted by Gasteiger charge is 2.33. The van der Waals surface area contributed by atoms with Gasteiger partial charge in [0.05, 0.1) is 29.7 Å². The Balaban J connectivity index is 1.76. The average molecular weight is 287 g/mol. The fraction of sp³-hybridized carbons (Fsp3) is 0.500. The van der Waals surface area contributed by atoms with Crippen LogP contribution in [0.1, 0.15) is 19.7 Å². The van der Waals surface area contributed by atoms with Crippen molar-refractivity contribution in [1.29, 1.82) is 0 Å². The highest BCUT2D eigenvalue weighted by molar-refractivity contribution is 5.82. The van der Waals surface area contributed by atoms with Gasteiger partial charge in [0.15, 0.2) is 0 Å². The third-order valence-corrected chi connectivity index (χ3v) is 3.93. The predicted octanol–water partition coefficient (Wildman–Crippen LogP) is 1.99. The van der Waals surface area contributed by atoms with Crippen LogP contribution >= 0.6 is 0 Å². The van der Waals surface area contributed by atoms with Gasteiger partial charge in [0.1, 0.15) is 5.82 Å². The Hall–Kier alpha value is -1.88. The summed E-state index contributed by atoms with van der Waals surface area (Å²) in [4.78, 5) is 22.4.